The third kappa shape index (κ3) is 7.08. The lowest BCUT2D eigenvalue weighted by Gasteiger charge is -2.19. The van der Waals surface area contributed by atoms with E-state index in [1.54, 1.807) is 0 Å². The molecule has 0 aromatic carbocycles. The predicted octanol–water partition coefficient (Wildman–Crippen LogP) is 3.03. The molecule has 1 aromatic heterocycles. The van der Waals surface area contributed by atoms with E-state index in [4.69, 9.17) is 9.15 Å². The summed E-state index contributed by atoms with van der Waals surface area (Å²) in [5.41, 5.74) is 0.104. The van der Waals surface area contributed by atoms with Crippen molar-refractivity contribution < 1.29 is 9.15 Å². The molecule has 1 aromatic rings. The van der Waals surface area contributed by atoms with Crippen LogP contribution in [-0.4, -0.2) is 36.7 Å². The number of ether oxygens (including phenoxy) is 1. The van der Waals surface area contributed by atoms with E-state index < -0.39 is 0 Å². The lowest BCUT2D eigenvalue weighted by molar-refractivity contribution is 0.0835. The largest absolute Gasteiger partial charge is 0.462 e. The van der Waals surface area contributed by atoms with Gasteiger partial charge in [0, 0.05) is 12.1 Å². The number of furan rings is 1. The van der Waals surface area contributed by atoms with Gasteiger partial charge in [0.1, 0.15) is 18.1 Å². The fraction of sp³-hybridized carbons (Fsp3) is 0.750. The predicted molar refractivity (Wildman–Crippen MR) is 82.7 cm³/mol. The summed E-state index contributed by atoms with van der Waals surface area (Å²) >= 11 is 0. The van der Waals surface area contributed by atoms with Crippen molar-refractivity contribution in [3.05, 3.63) is 23.7 Å². The van der Waals surface area contributed by atoms with Gasteiger partial charge in [-0.1, -0.05) is 13.8 Å². The van der Waals surface area contributed by atoms with Crippen LogP contribution in [-0.2, 0) is 17.9 Å². The summed E-state index contributed by atoms with van der Waals surface area (Å²) in [5.74, 6) is 1.86. The van der Waals surface area contributed by atoms with Crippen molar-refractivity contribution in [2.75, 3.05) is 26.2 Å². The summed E-state index contributed by atoms with van der Waals surface area (Å²) in [4.78, 5) is 2.35. The second-order valence-electron chi connectivity index (χ2n) is 6.05. The molecule has 0 bridgehead atoms. The van der Waals surface area contributed by atoms with Crippen molar-refractivity contribution in [2.24, 2.45) is 0 Å². The second-order valence-corrected chi connectivity index (χ2v) is 6.05. The molecule has 0 unspecified atom stereocenters. The van der Waals surface area contributed by atoms with Crippen molar-refractivity contribution in [3.63, 3.8) is 0 Å². The van der Waals surface area contributed by atoms with Gasteiger partial charge in [-0.2, -0.15) is 0 Å². The van der Waals surface area contributed by atoms with Crippen LogP contribution < -0.4 is 5.32 Å². The van der Waals surface area contributed by atoms with Gasteiger partial charge in [-0.25, -0.2) is 0 Å². The molecule has 0 saturated heterocycles. The number of rotatable bonds is 9. The maximum atomic E-state index is 5.74. The SMILES string of the molecule is CCN(CC)CCOCc1ccc(CNC(C)(C)C)o1. The molecule has 0 fully saturated rings. The first-order valence-corrected chi connectivity index (χ1v) is 7.57. The van der Waals surface area contributed by atoms with Crippen LogP contribution in [0.25, 0.3) is 0 Å². The first kappa shape index (κ1) is 17.2. The monoisotopic (exact) mass is 282 g/mol. The Kier molecular flexibility index (Phi) is 7.27. The van der Waals surface area contributed by atoms with Crippen molar-refractivity contribution in [1.29, 1.82) is 0 Å². The highest BCUT2D eigenvalue weighted by Crippen LogP contribution is 2.10. The minimum atomic E-state index is 0.104. The first-order chi connectivity index (χ1) is 9.44. The van der Waals surface area contributed by atoms with Crippen molar-refractivity contribution in [2.45, 2.75) is 53.3 Å². The summed E-state index contributed by atoms with van der Waals surface area (Å²) in [7, 11) is 0. The molecule has 0 atom stereocenters. The molecule has 0 aliphatic rings. The highest BCUT2D eigenvalue weighted by atomic mass is 16.5. The van der Waals surface area contributed by atoms with E-state index in [0.29, 0.717) is 6.61 Å². The number of hydrogen-bond donors (Lipinski definition) is 1. The lowest BCUT2D eigenvalue weighted by atomic mass is 10.1. The molecule has 0 amide bonds. The number of nitrogens with one attached hydrogen (secondary N) is 1. The molecular weight excluding hydrogens is 252 g/mol. The Bertz CT molecular complexity index is 365. The van der Waals surface area contributed by atoms with E-state index in [0.717, 1.165) is 44.3 Å². The third-order valence-corrected chi connectivity index (χ3v) is 3.20. The van der Waals surface area contributed by atoms with Crippen LogP contribution in [0.4, 0.5) is 0 Å². The van der Waals surface area contributed by atoms with E-state index in [1.165, 1.54) is 0 Å². The summed E-state index contributed by atoms with van der Waals surface area (Å²) in [6.45, 7) is 16.0. The van der Waals surface area contributed by atoms with E-state index in [-0.39, 0.29) is 5.54 Å². The molecule has 1 N–H and O–H groups in total. The Labute approximate surface area is 123 Å². The highest BCUT2D eigenvalue weighted by molar-refractivity contribution is 5.06. The molecule has 1 rings (SSSR count). The van der Waals surface area contributed by atoms with Crippen LogP contribution in [0.15, 0.2) is 16.5 Å². The average Bonchev–Trinajstić information content (AvgIpc) is 2.84. The van der Waals surface area contributed by atoms with E-state index in [2.05, 4.69) is 44.8 Å². The van der Waals surface area contributed by atoms with Crippen LogP contribution in [0.5, 0.6) is 0 Å². The molecule has 0 radical (unpaired) electrons. The Morgan fingerprint density at radius 3 is 2.40 bits per heavy atom. The Morgan fingerprint density at radius 1 is 1.15 bits per heavy atom. The molecule has 4 heteroatoms. The first-order valence-electron chi connectivity index (χ1n) is 7.57. The molecule has 0 aliphatic carbocycles. The van der Waals surface area contributed by atoms with Gasteiger partial charge < -0.3 is 19.4 Å². The molecule has 0 aliphatic heterocycles. The minimum absolute atomic E-state index is 0.104. The third-order valence-electron chi connectivity index (χ3n) is 3.20. The molecule has 0 saturated carbocycles. The Hall–Kier alpha value is -0.840. The summed E-state index contributed by atoms with van der Waals surface area (Å²) in [6.07, 6.45) is 0. The maximum Gasteiger partial charge on any atom is 0.129 e. The molecule has 20 heavy (non-hydrogen) atoms. The maximum absolute atomic E-state index is 5.74. The zero-order chi connectivity index (χ0) is 15.0. The van der Waals surface area contributed by atoms with Gasteiger partial charge in [0.15, 0.2) is 0 Å². The topological polar surface area (TPSA) is 37.6 Å². The molecule has 0 spiro atoms. The van der Waals surface area contributed by atoms with Gasteiger partial charge in [-0.15, -0.1) is 0 Å². The van der Waals surface area contributed by atoms with Gasteiger partial charge >= 0.3 is 0 Å². The normalized spacial score (nSPS) is 12.3. The number of likely N-dealkylation sites (N-methyl/N-ethyl adjacent to an activating group) is 1. The van der Waals surface area contributed by atoms with Crippen LogP contribution in [0.2, 0.25) is 0 Å². The van der Waals surface area contributed by atoms with Crippen LogP contribution >= 0.6 is 0 Å². The Morgan fingerprint density at radius 2 is 1.80 bits per heavy atom. The van der Waals surface area contributed by atoms with Crippen LogP contribution in [0, 0.1) is 0 Å². The van der Waals surface area contributed by atoms with Crippen molar-refractivity contribution >= 4 is 0 Å². The second kappa shape index (κ2) is 8.45. The summed E-state index contributed by atoms with van der Waals surface area (Å²) in [6, 6.07) is 4.01. The van der Waals surface area contributed by atoms with Gasteiger partial charge in [0.05, 0.1) is 13.2 Å². The van der Waals surface area contributed by atoms with Crippen molar-refractivity contribution in [1.82, 2.24) is 10.2 Å². The van der Waals surface area contributed by atoms with Crippen LogP contribution in [0.3, 0.4) is 0 Å². The van der Waals surface area contributed by atoms with Gasteiger partial charge in [0.2, 0.25) is 0 Å². The van der Waals surface area contributed by atoms with E-state index >= 15 is 0 Å². The fourth-order valence-electron chi connectivity index (χ4n) is 1.85. The average molecular weight is 282 g/mol. The van der Waals surface area contributed by atoms with Crippen LogP contribution in [0.1, 0.15) is 46.1 Å². The molecule has 116 valence electrons. The lowest BCUT2D eigenvalue weighted by Crippen LogP contribution is -2.34. The van der Waals surface area contributed by atoms with Gasteiger partial charge in [0.25, 0.3) is 0 Å². The smallest absolute Gasteiger partial charge is 0.129 e. The molecular formula is C16H30N2O2. The van der Waals surface area contributed by atoms with Gasteiger partial charge in [-0.05, 0) is 46.0 Å². The Balaban J connectivity index is 2.23. The number of nitrogens with zero attached hydrogens (tertiary/aromatic N) is 1. The van der Waals surface area contributed by atoms with E-state index in [9.17, 15) is 0 Å². The summed E-state index contributed by atoms with van der Waals surface area (Å²) in [5, 5.41) is 3.41. The standard InChI is InChI=1S/C16H30N2O2/c1-6-18(7-2)10-11-19-13-15-9-8-14(20-15)12-17-16(3,4)5/h8-9,17H,6-7,10-13H2,1-5H3. The summed E-state index contributed by atoms with van der Waals surface area (Å²) < 4.78 is 11.4. The zero-order valence-electron chi connectivity index (χ0n) is 13.7. The quantitative estimate of drug-likeness (QED) is 0.707. The minimum Gasteiger partial charge on any atom is -0.462 e. The number of hydrogen-bond acceptors (Lipinski definition) is 4. The molecule has 1 heterocycles. The highest BCUT2D eigenvalue weighted by Gasteiger charge is 2.10. The fourth-order valence-corrected chi connectivity index (χ4v) is 1.85. The van der Waals surface area contributed by atoms with Gasteiger partial charge in [-0.3, -0.25) is 0 Å². The zero-order valence-corrected chi connectivity index (χ0v) is 13.7. The van der Waals surface area contributed by atoms with Crippen molar-refractivity contribution in [3.8, 4) is 0 Å². The molecule has 4 nitrogen and oxygen atoms in total. The van der Waals surface area contributed by atoms with E-state index in [1.807, 2.05) is 12.1 Å².